The molecule has 0 unspecified atom stereocenters. The topological polar surface area (TPSA) is 49.4 Å². The summed E-state index contributed by atoms with van der Waals surface area (Å²) < 4.78 is 0. The van der Waals surface area contributed by atoms with Gasteiger partial charge in [0, 0.05) is 23.7 Å². The summed E-state index contributed by atoms with van der Waals surface area (Å²) in [5.41, 5.74) is 2.93. The van der Waals surface area contributed by atoms with Gasteiger partial charge in [0.1, 0.15) is 6.04 Å². The molecule has 1 atom stereocenters. The molecule has 1 heterocycles. The summed E-state index contributed by atoms with van der Waals surface area (Å²) in [6.45, 7) is 5.15. The van der Waals surface area contributed by atoms with Crippen molar-refractivity contribution in [2.45, 2.75) is 32.9 Å². The van der Waals surface area contributed by atoms with E-state index in [2.05, 4.69) is 17.4 Å². The minimum absolute atomic E-state index is 0.0113. The van der Waals surface area contributed by atoms with E-state index in [1.165, 1.54) is 11.1 Å². The number of benzene rings is 2. The van der Waals surface area contributed by atoms with Gasteiger partial charge in [-0.05, 0) is 41.7 Å². The van der Waals surface area contributed by atoms with Gasteiger partial charge in [0.15, 0.2) is 0 Å². The number of rotatable bonds is 4. The Bertz CT molecular complexity index is 819. The van der Waals surface area contributed by atoms with Crippen LogP contribution in [0, 0.1) is 5.92 Å². The van der Waals surface area contributed by atoms with Crippen molar-refractivity contribution >= 4 is 23.4 Å². The lowest BCUT2D eigenvalue weighted by Crippen LogP contribution is -2.52. The van der Waals surface area contributed by atoms with Gasteiger partial charge < -0.3 is 10.2 Å². The van der Waals surface area contributed by atoms with Crippen molar-refractivity contribution in [3.8, 4) is 0 Å². The number of carbonyl (C=O) groups excluding carboxylic acids is 2. The third kappa shape index (κ3) is 4.07. The smallest absolute Gasteiger partial charge is 0.251 e. The lowest BCUT2D eigenvalue weighted by atomic mass is 9.97. The Labute approximate surface area is 159 Å². The Morgan fingerprint density at radius 1 is 1.08 bits per heavy atom. The zero-order valence-electron chi connectivity index (χ0n) is 15.0. The van der Waals surface area contributed by atoms with Crippen LogP contribution < -0.4 is 5.32 Å². The largest absolute Gasteiger partial charge is 0.340 e. The van der Waals surface area contributed by atoms with E-state index in [1.807, 2.05) is 30.9 Å². The Balaban J connectivity index is 1.74. The van der Waals surface area contributed by atoms with Crippen molar-refractivity contribution in [1.82, 2.24) is 10.2 Å². The van der Waals surface area contributed by atoms with E-state index < -0.39 is 6.04 Å². The average Bonchev–Trinajstić information content (AvgIpc) is 2.64. The van der Waals surface area contributed by atoms with Crippen LogP contribution in [0.1, 0.15) is 35.3 Å². The number of fused-ring (bicyclic) bond motifs is 1. The zero-order chi connectivity index (χ0) is 18.7. The molecule has 1 aliphatic heterocycles. The highest BCUT2D eigenvalue weighted by atomic mass is 35.5. The monoisotopic (exact) mass is 370 g/mol. The Hall–Kier alpha value is -2.33. The fourth-order valence-electron chi connectivity index (χ4n) is 3.25. The lowest BCUT2D eigenvalue weighted by molar-refractivity contribution is -0.135. The summed E-state index contributed by atoms with van der Waals surface area (Å²) in [7, 11) is 0. The molecular formula is C21H23ClN2O2. The third-order valence-electron chi connectivity index (χ3n) is 4.75. The van der Waals surface area contributed by atoms with Gasteiger partial charge in [-0.15, -0.1) is 0 Å². The van der Waals surface area contributed by atoms with Crippen LogP contribution in [-0.4, -0.2) is 29.3 Å². The van der Waals surface area contributed by atoms with E-state index >= 15 is 0 Å². The molecule has 4 nitrogen and oxygen atoms in total. The zero-order valence-corrected chi connectivity index (χ0v) is 15.8. The molecule has 2 amide bonds. The molecule has 0 radical (unpaired) electrons. The maximum absolute atomic E-state index is 13.1. The molecule has 5 heteroatoms. The second-order valence-electron chi connectivity index (χ2n) is 6.98. The highest BCUT2D eigenvalue weighted by molar-refractivity contribution is 6.31. The summed E-state index contributed by atoms with van der Waals surface area (Å²) in [5, 5.41) is 3.39. The summed E-state index contributed by atoms with van der Waals surface area (Å²) in [4.78, 5) is 27.5. The fraction of sp³-hybridized carbons (Fsp3) is 0.333. The summed E-state index contributed by atoms with van der Waals surface area (Å²) in [6.07, 6.45) is 0.842. The van der Waals surface area contributed by atoms with Crippen LogP contribution in [0.3, 0.4) is 0 Å². The molecule has 0 bridgehead atoms. The van der Waals surface area contributed by atoms with E-state index in [0.717, 1.165) is 6.42 Å². The van der Waals surface area contributed by atoms with E-state index in [-0.39, 0.29) is 17.7 Å². The van der Waals surface area contributed by atoms with Crippen molar-refractivity contribution in [2.75, 3.05) is 6.54 Å². The van der Waals surface area contributed by atoms with Crippen LogP contribution in [0.4, 0.5) is 0 Å². The summed E-state index contributed by atoms with van der Waals surface area (Å²) >= 11 is 5.97. The van der Waals surface area contributed by atoms with Gasteiger partial charge >= 0.3 is 0 Å². The Morgan fingerprint density at radius 2 is 1.81 bits per heavy atom. The van der Waals surface area contributed by atoms with Gasteiger partial charge in [0.05, 0.1) is 0 Å². The molecule has 0 aromatic heterocycles. The summed E-state index contributed by atoms with van der Waals surface area (Å²) in [6, 6.07) is 14.4. The fourth-order valence-corrected chi connectivity index (χ4v) is 3.44. The predicted octanol–water partition coefficient (Wildman–Crippen LogP) is 3.68. The molecule has 26 heavy (non-hydrogen) atoms. The van der Waals surface area contributed by atoms with Gasteiger partial charge in [-0.25, -0.2) is 0 Å². The minimum Gasteiger partial charge on any atom is -0.340 e. The number of halogens is 1. The molecule has 0 fully saturated rings. The van der Waals surface area contributed by atoms with Gasteiger partial charge in [0.25, 0.3) is 5.91 Å². The van der Waals surface area contributed by atoms with Crippen LogP contribution in [0.25, 0.3) is 0 Å². The van der Waals surface area contributed by atoms with E-state index in [4.69, 9.17) is 11.6 Å². The quantitative estimate of drug-likeness (QED) is 0.892. The number of hydrogen-bond donors (Lipinski definition) is 1. The minimum atomic E-state index is -0.563. The molecule has 2 aromatic carbocycles. The third-order valence-corrected chi connectivity index (χ3v) is 4.98. The van der Waals surface area contributed by atoms with Crippen LogP contribution in [-0.2, 0) is 17.8 Å². The van der Waals surface area contributed by atoms with E-state index in [1.54, 1.807) is 24.3 Å². The van der Waals surface area contributed by atoms with Crippen molar-refractivity contribution in [3.05, 3.63) is 70.2 Å². The van der Waals surface area contributed by atoms with Crippen molar-refractivity contribution in [2.24, 2.45) is 5.92 Å². The highest BCUT2D eigenvalue weighted by Gasteiger charge is 2.30. The first-order valence-corrected chi connectivity index (χ1v) is 9.25. The Morgan fingerprint density at radius 3 is 2.50 bits per heavy atom. The van der Waals surface area contributed by atoms with Gasteiger partial charge in [-0.3, -0.25) is 9.59 Å². The van der Waals surface area contributed by atoms with Crippen LogP contribution >= 0.6 is 11.6 Å². The second-order valence-corrected chi connectivity index (χ2v) is 7.42. The normalized spacial score (nSPS) is 14.7. The number of hydrogen-bond acceptors (Lipinski definition) is 2. The summed E-state index contributed by atoms with van der Waals surface area (Å²) in [5.74, 6) is -0.329. The van der Waals surface area contributed by atoms with E-state index in [9.17, 15) is 9.59 Å². The molecule has 0 spiro atoms. The molecule has 136 valence electrons. The van der Waals surface area contributed by atoms with Gasteiger partial charge in [-0.1, -0.05) is 55.8 Å². The van der Waals surface area contributed by atoms with Crippen LogP contribution in [0.2, 0.25) is 5.02 Å². The van der Waals surface area contributed by atoms with Crippen molar-refractivity contribution in [1.29, 1.82) is 0 Å². The first kappa shape index (κ1) is 18.5. The first-order chi connectivity index (χ1) is 12.5. The van der Waals surface area contributed by atoms with Gasteiger partial charge in [0.2, 0.25) is 5.91 Å². The van der Waals surface area contributed by atoms with E-state index in [0.29, 0.717) is 23.7 Å². The molecule has 0 aliphatic carbocycles. The molecular weight excluding hydrogens is 348 g/mol. The van der Waals surface area contributed by atoms with Crippen molar-refractivity contribution in [3.63, 3.8) is 0 Å². The Kier molecular flexibility index (Phi) is 5.62. The highest BCUT2D eigenvalue weighted by Crippen LogP contribution is 2.20. The number of carbonyl (C=O) groups is 2. The SMILES string of the molecule is CC(C)[C@H](NC(=O)c1cccc(Cl)c1)C(=O)N1CCc2ccccc2C1. The van der Waals surface area contributed by atoms with Crippen molar-refractivity contribution < 1.29 is 9.59 Å². The maximum atomic E-state index is 13.1. The van der Waals surface area contributed by atoms with Crippen LogP contribution in [0.15, 0.2) is 48.5 Å². The molecule has 0 saturated carbocycles. The average molecular weight is 371 g/mol. The second kappa shape index (κ2) is 7.92. The lowest BCUT2D eigenvalue weighted by Gasteiger charge is -2.33. The number of amides is 2. The first-order valence-electron chi connectivity index (χ1n) is 8.87. The van der Waals surface area contributed by atoms with Gasteiger partial charge in [-0.2, -0.15) is 0 Å². The number of nitrogens with zero attached hydrogens (tertiary/aromatic N) is 1. The molecule has 2 aromatic rings. The molecule has 0 saturated heterocycles. The standard InChI is InChI=1S/C21H23ClN2O2/c1-14(2)19(23-20(25)16-8-5-9-18(22)12-16)21(26)24-11-10-15-6-3-4-7-17(15)13-24/h3-9,12,14,19H,10-11,13H2,1-2H3,(H,23,25)/t19-/m0/s1. The predicted molar refractivity (Wildman–Crippen MR) is 103 cm³/mol. The molecule has 1 aliphatic rings. The maximum Gasteiger partial charge on any atom is 0.251 e. The molecule has 3 rings (SSSR count). The van der Waals surface area contributed by atoms with Crippen LogP contribution in [0.5, 0.6) is 0 Å². The number of nitrogens with one attached hydrogen (secondary N) is 1. The molecule has 1 N–H and O–H groups in total.